The van der Waals surface area contributed by atoms with Gasteiger partial charge in [-0.15, -0.1) is 0 Å². The molecule has 29 heavy (non-hydrogen) atoms. The van der Waals surface area contributed by atoms with Gasteiger partial charge in [0.05, 0.1) is 24.9 Å². The van der Waals surface area contributed by atoms with Crippen LogP contribution in [0.3, 0.4) is 0 Å². The number of carbonyl (C=O) groups is 1. The van der Waals surface area contributed by atoms with E-state index < -0.39 is 29.3 Å². The average molecular weight is 406 g/mol. The molecule has 0 spiro atoms. The van der Waals surface area contributed by atoms with Crippen LogP contribution in [0.2, 0.25) is 0 Å². The number of nitrogens with zero attached hydrogens (tertiary/aromatic N) is 1. The van der Waals surface area contributed by atoms with E-state index in [1.165, 1.54) is 33.6 Å². The lowest BCUT2D eigenvalue weighted by atomic mass is 9.97. The van der Waals surface area contributed by atoms with Crippen LogP contribution in [0.15, 0.2) is 29.2 Å². The van der Waals surface area contributed by atoms with E-state index in [-0.39, 0.29) is 24.2 Å². The SMILES string of the molecule is COC1=Cc2c1n(CC(OC)OC)cc(C(=O)NCc1ccc(F)cc1F)c2=O. The minimum atomic E-state index is -0.782. The van der Waals surface area contributed by atoms with Crippen molar-refractivity contribution >= 4 is 17.7 Å². The van der Waals surface area contributed by atoms with Crippen LogP contribution in [0.4, 0.5) is 8.78 Å². The molecule has 0 saturated carbocycles. The normalized spacial score (nSPS) is 12.3. The summed E-state index contributed by atoms with van der Waals surface area (Å²) in [4.78, 5) is 25.3. The van der Waals surface area contributed by atoms with Crippen molar-refractivity contribution in [3.63, 3.8) is 0 Å². The van der Waals surface area contributed by atoms with Crippen LogP contribution >= 0.6 is 0 Å². The predicted molar refractivity (Wildman–Crippen MR) is 101 cm³/mol. The van der Waals surface area contributed by atoms with Gasteiger partial charge in [-0.25, -0.2) is 8.78 Å². The Kier molecular flexibility index (Phi) is 6.09. The second-order valence-electron chi connectivity index (χ2n) is 6.32. The minimum absolute atomic E-state index is 0.101. The van der Waals surface area contributed by atoms with E-state index in [9.17, 15) is 18.4 Å². The number of ether oxygens (including phenoxy) is 3. The van der Waals surface area contributed by atoms with Gasteiger partial charge in [0.1, 0.15) is 23.0 Å². The molecule has 0 aliphatic heterocycles. The van der Waals surface area contributed by atoms with E-state index >= 15 is 0 Å². The lowest BCUT2D eigenvalue weighted by Gasteiger charge is -2.26. The van der Waals surface area contributed by atoms with Crippen LogP contribution in [-0.2, 0) is 27.3 Å². The second-order valence-corrected chi connectivity index (χ2v) is 6.32. The zero-order valence-electron chi connectivity index (χ0n) is 16.1. The van der Waals surface area contributed by atoms with Crippen LogP contribution in [0.5, 0.6) is 0 Å². The Morgan fingerprint density at radius 2 is 1.93 bits per heavy atom. The molecule has 2 aromatic rings. The predicted octanol–water partition coefficient (Wildman–Crippen LogP) is 2.13. The van der Waals surface area contributed by atoms with E-state index in [0.29, 0.717) is 17.0 Å². The molecular formula is C20H20F2N2O5. The van der Waals surface area contributed by atoms with E-state index in [4.69, 9.17) is 14.2 Å². The van der Waals surface area contributed by atoms with Crippen molar-refractivity contribution in [2.45, 2.75) is 19.4 Å². The largest absolute Gasteiger partial charge is 0.495 e. The van der Waals surface area contributed by atoms with Crippen molar-refractivity contribution in [1.29, 1.82) is 0 Å². The highest BCUT2D eigenvalue weighted by Gasteiger charge is 2.28. The van der Waals surface area contributed by atoms with Gasteiger partial charge in [0.25, 0.3) is 5.91 Å². The highest BCUT2D eigenvalue weighted by molar-refractivity contribution is 5.98. The molecule has 1 amide bonds. The molecule has 1 aromatic carbocycles. The standard InChI is InChI=1S/C20H20F2N2O5/c1-27-16-7-13-18(16)24(10-17(28-2)29-3)9-14(19(13)25)20(26)23-8-11-4-5-12(21)6-15(11)22/h4-7,9,17H,8,10H2,1-3H3,(H,23,26). The highest BCUT2D eigenvalue weighted by atomic mass is 19.1. The molecule has 1 aliphatic rings. The van der Waals surface area contributed by atoms with Gasteiger partial charge in [0.2, 0.25) is 5.43 Å². The first kappa shape index (κ1) is 20.7. The maximum absolute atomic E-state index is 13.8. The van der Waals surface area contributed by atoms with Crippen LogP contribution in [0, 0.1) is 11.6 Å². The lowest BCUT2D eigenvalue weighted by Crippen LogP contribution is -2.35. The summed E-state index contributed by atoms with van der Waals surface area (Å²) in [5.74, 6) is -1.67. The minimum Gasteiger partial charge on any atom is -0.495 e. The van der Waals surface area contributed by atoms with Gasteiger partial charge in [-0.1, -0.05) is 6.07 Å². The summed E-state index contributed by atoms with van der Waals surface area (Å²) in [6.07, 6.45) is 2.32. The van der Waals surface area contributed by atoms with Crippen LogP contribution in [0.1, 0.15) is 27.2 Å². The topological polar surface area (TPSA) is 78.8 Å². The first-order valence-electron chi connectivity index (χ1n) is 8.70. The molecule has 9 heteroatoms. The van der Waals surface area contributed by atoms with E-state index in [0.717, 1.165) is 12.1 Å². The molecule has 7 nitrogen and oxygen atoms in total. The number of pyridine rings is 1. The van der Waals surface area contributed by atoms with Crippen molar-refractivity contribution in [3.8, 4) is 0 Å². The number of nitrogens with one attached hydrogen (secondary N) is 1. The van der Waals surface area contributed by atoms with Crippen molar-refractivity contribution in [1.82, 2.24) is 9.88 Å². The van der Waals surface area contributed by atoms with Gasteiger partial charge in [0.15, 0.2) is 6.29 Å². The van der Waals surface area contributed by atoms with Gasteiger partial charge in [-0.2, -0.15) is 0 Å². The fourth-order valence-electron chi connectivity index (χ4n) is 3.02. The zero-order chi connectivity index (χ0) is 21.1. The van der Waals surface area contributed by atoms with E-state index in [1.807, 2.05) is 0 Å². The second kappa shape index (κ2) is 8.54. The molecule has 1 heterocycles. The smallest absolute Gasteiger partial charge is 0.257 e. The molecule has 154 valence electrons. The molecular weight excluding hydrogens is 386 g/mol. The third-order valence-electron chi connectivity index (χ3n) is 4.62. The molecule has 0 bridgehead atoms. The van der Waals surface area contributed by atoms with Crippen LogP contribution < -0.4 is 10.7 Å². The molecule has 0 atom stereocenters. The lowest BCUT2D eigenvalue weighted by molar-refractivity contribution is -0.111. The average Bonchev–Trinajstić information content (AvgIpc) is 2.67. The number of halogens is 2. The molecule has 0 fully saturated rings. The fraction of sp³-hybridized carbons (Fsp3) is 0.300. The van der Waals surface area contributed by atoms with Gasteiger partial charge in [-0.05, 0) is 12.1 Å². The third-order valence-corrected chi connectivity index (χ3v) is 4.62. The molecule has 1 aliphatic carbocycles. The van der Waals surface area contributed by atoms with Crippen molar-refractivity contribution in [2.24, 2.45) is 0 Å². The van der Waals surface area contributed by atoms with Crippen molar-refractivity contribution in [3.05, 3.63) is 68.6 Å². The molecule has 0 unspecified atom stereocenters. The van der Waals surface area contributed by atoms with Gasteiger partial charge >= 0.3 is 0 Å². The molecule has 0 saturated heterocycles. The van der Waals surface area contributed by atoms with Crippen molar-refractivity contribution < 1.29 is 27.8 Å². The summed E-state index contributed by atoms with van der Waals surface area (Å²) in [7, 11) is 4.42. The van der Waals surface area contributed by atoms with E-state index in [2.05, 4.69) is 5.32 Å². The summed E-state index contributed by atoms with van der Waals surface area (Å²) < 4.78 is 44.0. The summed E-state index contributed by atoms with van der Waals surface area (Å²) in [6, 6.07) is 3.05. The Morgan fingerprint density at radius 1 is 1.21 bits per heavy atom. The molecule has 0 radical (unpaired) electrons. The number of carbonyl (C=O) groups excluding carboxylic acids is 1. The number of amides is 1. The third kappa shape index (κ3) is 4.06. The summed E-state index contributed by atoms with van der Waals surface area (Å²) >= 11 is 0. The number of aromatic nitrogens is 1. The Labute approximate surface area is 165 Å². The maximum atomic E-state index is 13.8. The van der Waals surface area contributed by atoms with Gasteiger partial charge < -0.3 is 24.1 Å². The Balaban J connectivity index is 1.88. The molecule has 1 N–H and O–H groups in total. The highest BCUT2D eigenvalue weighted by Crippen LogP contribution is 2.31. The van der Waals surface area contributed by atoms with Gasteiger partial charge in [0, 0.05) is 38.6 Å². The number of benzene rings is 1. The maximum Gasteiger partial charge on any atom is 0.257 e. The van der Waals surface area contributed by atoms with Crippen LogP contribution in [0.25, 0.3) is 11.8 Å². The Morgan fingerprint density at radius 3 is 2.55 bits per heavy atom. The number of hydrogen-bond donors (Lipinski definition) is 1. The van der Waals surface area contributed by atoms with Crippen LogP contribution in [-0.4, -0.2) is 38.1 Å². The van der Waals surface area contributed by atoms with Crippen molar-refractivity contribution in [2.75, 3.05) is 21.3 Å². The van der Waals surface area contributed by atoms with Gasteiger partial charge in [-0.3, -0.25) is 9.59 Å². The molecule has 3 rings (SSSR count). The Hall–Kier alpha value is -3.04. The summed E-state index contributed by atoms with van der Waals surface area (Å²) in [5.41, 5.74) is 0.375. The molecule has 1 aromatic heterocycles. The Bertz CT molecular complexity index is 1030. The monoisotopic (exact) mass is 406 g/mol. The number of rotatable bonds is 8. The zero-order valence-corrected chi connectivity index (χ0v) is 16.1. The number of fused-ring (bicyclic) bond motifs is 1. The first-order chi connectivity index (χ1) is 13.9. The quantitative estimate of drug-likeness (QED) is 0.680. The fourth-order valence-corrected chi connectivity index (χ4v) is 3.02. The van der Waals surface area contributed by atoms with E-state index in [1.54, 1.807) is 10.6 Å². The number of methoxy groups -OCH3 is 3. The summed E-state index contributed by atoms with van der Waals surface area (Å²) in [5, 5.41) is 2.49. The number of hydrogen-bond acceptors (Lipinski definition) is 5. The first-order valence-corrected chi connectivity index (χ1v) is 8.70. The summed E-state index contributed by atoms with van der Waals surface area (Å²) in [6.45, 7) is 0.0165.